The quantitative estimate of drug-likeness (QED) is 0.815. The van der Waals surface area contributed by atoms with Gasteiger partial charge in [0.05, 0.1) is 21.7 Å². The molecule has 0 spiro atoms. The number of ether oxygens (including phenoxy) is 1. The molecule has 0 aromatic heterocycles. The van der Waals surface area contributed by atoms with Crippen molar-refractivity contribution in [2.45, 2.75) is 25.7 Å². The molecule has 0 unspecified atom stereocenters. The number of amides is 1. The summed E-state index contributed by atoms with van der Waals surface area (Å²) in [6.07, 6.45) is 0. The summed E-state index contributed by atoms with van der Waals surface area (Å²) >= 11 is 0. The van der Waals surface area contributed by atoms with E-state index in [1.54, 1.807) is 7.11 Å². The van der Waals surface area contributed by atoms with E-state index in [0.717, 1.165) is 17.0 Å². The molecule has 22 heavy (non-hydrogen) atoms. The number of hydrogen-bond acceptors (Lipinski definition) is 2. The second-order valence-electron chi connectivity index (χ2n) is 6.41. The van der Waals surface area contributed by atoms with Gasteiger partial charge in [-0.05, 0) is 28.9 Å². The highest BCUT2D eigenvalue weighted by atomic mass is 28.3. The number of methoxy groups -OCH3 is 1. The first-order valence-electron chi connectivity index (χ1n) is 7.54. The Bertz CT molecular complexity index is 694. The molecule has 114 valence electrons. The Morgan fingerprint density at radius 1 is 1.09 bits per heavy atom. The van der Waals surface area contributed by atoms with E-state index in [1.807, 2.05) is 35.2 Å². The molecular weight excluding hydrogens is 290 g/mol. The van der Waals surface area contributed by atoms with Crippen LogP contribution in [0.5, 0.6) is 5.75 Å². The predicted octanol–water partition coefficient (Wildman–Crippen LogP) is 3.16. The van der Waals surface area contributed by atoms with Crippen LogP contribution >= 0.6 is 0 Å². The van der Waals surface area contributed by atoms with Gasteiger partial charge >= 0.3 is 0 Å². The average Bonchev–Trinajstić information content (AvgIpc) is 2.52. The number of fused-ring (bicyclic) bond motifs is 1. The summed E-state index contributed by atoms with van der Waals surface area (Å²) in [7, 11) is -0.000309. The molecule has 0 bridgehead atoms. The van der Waals surface area contributed by atoms with Crippen molar-refractivity contribution in [2.24, 2.45) is 0 Å². The third-order valence-corrected chi connectivity index (χ3v) is 7.39. The summed E-state index contributed by atoms with van der Waals surface area (Å²) in [6.45, 7) is 5.16. The predicted molar refractivity (Wildman–Crippen MR) is 92.5 cm³/mol. The van der Waals surface area contributed by atoms with Crippen molar-refractivity contribution >= 4 is 24.9 Å². The number of rotatable bonds is 3. The molecule has 1 aliphatic rings. The van der Waals surface area contributed by atoms with Crippen LogP contribution in [0.25, 0.3) is 0 Å². The summed E-state index contributed by atoms with van der Waals surface area (Å²) < 4.78 is 5.19. The fraction of sp³-hybridized carbons (Fsp3) is 0.278. The van der Waals surface area contributed by atoms with Crippen molar-refractivity contribution < 1.29 is 9.53 Å². The lowest BCUT2D eigenvalue weighted by molar-refractivity contribution is -0.116. The molecule has 2 aromatic carbocycles. The van der Waals surface area contributed by atoms with Crippen molar-refractivity contribution in [3.63, 3.8) is 0 Å². The highest BCUT2D eigenvalue weighted by molar-refractivity contribution is 6.93. The maximum absolute atomic E-state index is 12.6. The molecule has 0 fully saturated rings. The van der Waals surface area contributed by atoms with Crippen LogP contribution in [0.15, 0.2) is 48.5 Å². The standard InChI is InChI=1S/C18H21NO2Si/c1-21-15-10-8-14(9-11-15)12-19-16-6-4-5-7-17(16)22(2,3)13-18(19)20/h4-11H,12-13H2,1-3H3. The smallest absolute Gasteiger partial charge is 0.224 e. The van der Waals surface area contributed by atoms with Crippen LogP contribution in [0.4, 0.5) is 5.69 Å². The van der Waals surface area contributed by atoms with Crippen molar-refractivity contribution in [1.29, 1.82) is 0 Å². The first-order chi connectivity index (χ1) is 10.5. The van der Waals surface area contributed by atoms with Crippen LogP contribution in [0.2, 0.25) is 19.1 Å². The fourth-order valence-corrected chi connectivity index (χ4v) is 5.67. The second-order valence-corrected chi connectivity index (χ2v) is 11.1. The zero-order chi connectivity index (χ0) is 15.7. The van der Waals surface area contributed by atoms with E-state index in [0.29, 0.717) is 12.6 Å². The molecule has 1 aliphatic heterocycles. The lowest BCUT2D eigenvalue weighted by atomic mass is 10.2. The van der Waals surface area contributed by atoms with Crippen LogP contribution in [0.3, 0.4) is 0 Å². The van der Waals surface area contributed by atoms with Gasteiger partial charge in [-0.25, -0.2) is 0 Å². The Morgan fingerprint density at radius 3 is 2.45 bits per heavy atom. The van der Waals surface area contributed by atoms with E-state index in [2.05, 4.69) is 31.3 Å². The van der Waals surface area contributed by atoms with E-state index < -0.39 is 8.07 Å². The molecule has 1 amide bonds. The largest absolute Gasteiger partial charge is 0.497 e. The van der Waals surface area contributed by atoms with Gasteiger partial charge in [-0.1, -0.05) is 43.4 Å². The second kappa shape index (κ2) is 5.61. The Morgan fingerprint density at radius 2 is 1.77 bits per heavy atom. The lowest BCUT2D eigenvalue weighted by Gasteiger charge is -2.37. The first kappa shape index (κ1) is 14.8. The molecular formula is C18H21NO2Si. The van der Waals surface area contributed by atoms with Crippen LogP contribution in [-0.4, -0.2) is 21.1 Å². The van der Waals surface area contributed by atoms with Gasteiger partial charge in [-0.15, -0.1) is 0 Å². The van der Waals surface area contributed by atoms with Gasteiger partial charge in [0.15, 0.2) is 0 Å². The molecule has 2 aromatic rings. The molecule has 0 aliphatic carbocycles. The van der Waals surface area contributed by atoms with Crippen molar-refractivity contribution in [3.05, 3.63) is 54.1 Å². The minimum absolute atomic E-state index is 0.242. The summed E-state index contributed by atoms with van der Waals surface area (Å²) in [5, 5.41) is 1.38. The van der Waals surface area contributed by atoms with E-state index >= 15 is 0 Å². The topological polar surface area (TPSA) is 29.5 Å². The van der Waals surface area contributed by atoms with Gasteiger partial charge < -0.3 is 9.64 Å². The summed E-state index contributed by atoms with van der Waals surface area (Å²) in [4.78, 5) is 14.6. The molecule has 0 saturated carbocycles. The minimum atomic E-state index is -1.66. The molecule has 4 heteroatoms. The molecule has 1 heterocycles. The van der Waals surface area contributed by atoms with Crippen molar-refractivity contribution in [3.8, 4) is 5.75 Å². The number of nitrogens with zero attached hydrogens (tertiary/aromatic N) is 1. The van der Waals surface area contributed by atoms with Crippen LogP contribution < -0.4 is 14.8 Å². The summed E-state index contributed by atoms with van der Waals surface area (Å²) in [5.41, 5.74) is 2.21. The van der Waals surface area contributed by atoms with Gasteiger partial charge in [0.1, 0.15) is 5.75 Å². The summed E-state index contributed by atoms with van der Waals surface area (Å²) in [5.74, 6) is 1.08. The van der Waals surface area contributed by atoms with Gasteiger partial charge in [0.25, 0.3) is 0 Å². The third kappa shape index (κ3) is 2.66. The molecule has 0 radical (unpaired) electrons. The maximum Gasteiger partial charge on any atom is 0.224 e. The fourth-order valence-electron chi connectivity index (χ4n) is 3.07. The maximum atomic E-state index is 12.6. The van der Waals surface area contributed by atoms with Crippen LogP contribution in [0, 0.1) is 0 Å². The highest BCUT2D eigenvalue weighted by Crippen LogP contribution is 2.28. The van der Waals surface area contributed by atoms with Crippen molar-refractivity contribution in [1.82, 2.24) is 0 Å². The van der Waals surface area contributed by atoms with Gasteiger partial charge in [-0.3, -0.25) is 4.79 Å². The number of carbonyl (C=O) groups is 1. The third-order valence-electron chi connectivity index (χ3n) is 4.32. The molecule has 0 atom stereocenters. The van der Waals surface area contributed by atoms with E-state index in [-0.39, 0.29) is 5.91 Å². The lowest BCUT2D eigenvalue weighted by Crippen LogP contribution is -2.54. The number of anilines is 1. The molecule has 3 rings (SSSR count). The monoisotopic (exact) mass is 311 g/mol. The first-order valence-corrected chi connectivity index (χ1v) is 10.7. The normalized spacial score (nSPS) is 16.3. The van der Waals surface area contributed by atoms with Crippen LogP contribution in [-0.2, 0) is 11.3 Å². The number of hydrogen-bond donors (Lipinski definition) is 0. The van der Waals surface area contributed by atoms with Gasteiger partial charge in [0, 0.05) is 11.7 Å². The van der Waals surface area contributed by atoms with E-state index in [9.17, 15) is 4.79 Å². The Hall–Kier alpha value is -2.07. The highest BCUT2D eigenvalue weighted by Gasteiger charge is 2.37. The van der Waals surface area contributed by atoms with Crippen molar-refractivity contribution in [2.75, 3.05) is 12.0 Å². The number of benzene rings is 2. The Kier molecular flexibility index (Phi) is 3.79. The SMILES string of the molecule is COc1ccc(CN2C(=O)C[Si](C)(C)c3ccccc32)cc1. The zero-order valence-corrected chi connectivity index (χ0v) is 14.3. The zero-order valence-electron chi connectivity index (χ0n) is 13.3. The minimum Gasteiger partial charge on any atom is -0.497 e. The molecule has 0 N–H and O–H groups in total. The van der Waals surface area contributed by atoms with E-state index in [4.69, 9.17) is 4.74 Å². The Labute approximate surface area is 132 Å². The van der Waals surface area contributed by atoms with Crippen LogP contribution in [0.1, 0.15) is 5.56 Å². The van der Waals surface area contributed by atoms with Gasteiger partial charge in [0.2, 0.25) is 5.91 Å². The molecule has 3 nitrogen and oxygen atoms in total. The molecule has 0 saturated heterocycles. The number of para-hydroxylation sites is 1. The number of carbonyl (C=O) groups excluding carboxylic acids is 1. The van der Waals surface area contributed by atoms with E-state index in [1.165, 1.54) is 5.19 Å². The average molecular weight is 311 g/mol. The Balaban J connectivity index is 1.94. The summed E-state index contributed by atoms with van der Waals surface area (Å²) in [6, 6.07) is 17.0. The van der Waals surface area contributed by atoms with Gasteiger partial charge in [-0.2, -0.15) is 0 Å².